The number of hydrogen-bond donors (Lipinski definition) is 1. The van der Waals surface area contributed by atoms with Crippen LogP contribution in [0.4, 0.5) is 0 Å². The number of pyridine rings is 2. The second-order valence-corrected chi connectivity index (χ2v) is 7.77. The van der Waals surface area contributed by atoms with Gasteiger partial charge in [0, 0.05) is 48.7 Å². The lowest BCUT2D eigenvalue weighted by Gasteiger charge is -2.41. The first-order valence-corrected chi connectivity index (χ1v) is 10.1. The molecule has 1 saturated heterocycles. The van der Waals surface area contributed by atoms with Gasteiger partial charge < -0.3 is 14.3 Å². The molecule has 30 heavy (non-hydrogen) atoms. The molecule has 5 rings (SSSR count). The predicted octanol–water partition coefficient (Wildman–Crippen LogP) is 3.24. The molecule has 1 aliphatic rings. The number of rotatable bonds is 3. The molecule has 0 spiro atoms. The minimum absolute atomic E-state index is 0.0993. The van der Waals surface area contributed by atoms with Gasteiger partial charge in [-0.2, -0.15) is 0 Å². The largest absolute Gasteiger partial charge is 0.339 e. The maximum absolute atomic E-state index is 12.9. The first-order valence-electron chi connectivity index (χ1n) is 10.1. The number of amides is 1. The highest BCUT2D eigenvalue weighted by Gasteiger charge is 2.41. The summed E-state index contributed by atoms with van der Waals surface area (Å²) in [7, 11) is 0. The molecule has 1 amide bonds. The number of benzene rings is 1. The lowest BCUT2D eigenvalue weighted by atomic mass is 9.70. The zero-order valence-electron chi connectivity index (χ0n) is 16.5. The van der Waals surface area contributed by atoms with Gasteiger partial charge in [0.25, 0.3) is 5.91 Å². The smallest absolute Gasteiger partial charge is 0.254 e. The van der Waals surface area contributed by atoms with Gasteiger partial charge in [0.15, 0.2) is 0 Å². The second kappa shape index (κ2) is 7.30. The highest BCUT2D eigenvalue weighted by Crippen LogP contribution is 2.41. The van der Waals surface area contributed by atoms with Gasteiger partial charge in [-0.3, -0.25) is 9.59 Å². The molecule has 6 heteroatoms. The van der Waals surface area contributed by atoms with Crippen molar-refractivity contribution in [2.75, 3.05) is 13.1 Å². The first-order chi connectivity index (χ1) is 14.7. The van der Waals surface area contributed by atoms with E-state index in [1.165, 1.54) is 17.8 Å². The molecule has 1 aliphatic heterocycles. The van der Waals surface area contributed by atoms with Crippen LogP contribution < -0.4 is 5.56 Å². The number of aromatic amines is 1. The number of fused-ring (bicyclic) bond motifs is 1. The van der Waals surface area contributed by atoms with Gasteiger partial charge >= 0.3 is 0 Å². The van der Waals surface area contributed by atoms with Crippen LogP contribution in [0.2, 0.25) is 0 Å². The Morgan fingerprint density at radius 1 is 1.00 bits per heavy atom. The average molecular weight is 398 g/mol. The van der Waals surface area contributed by atoms with Crippen molar-refractivity contribution < 1.29 is 4.79 Å². The zero-order valence-corrected chi connectivity index (χ0v) is 16.5. The number of aromatic nitrogens is 3. The monoisotopic (exact) mass is 398 g/mol. The van der Waals surface area contributed by atoms with Crippen molar-refractivity contribution in [1.82, 2.24) is 19.3 Å². The molecule has 0 atom stereocenters. The van der Waals surface area contributed by atoms with Gasteiger partial charge in [0.05, 0.1) is 5.69 Å². The molecule has 6 nitrogen and oxygen atoms in total. The van der Waals surface area contributed by atoms with Gasteiger partial charge in [-0.1, -0.05) is 36.4 Å². The Balaban J connectivity index is 1.49. The second-order valence-electron chi connectivity index (χ2n) is 7.77. The molecule has 0 saturated carbocycles. The molecule has 1 fully saturated rings. The van der Waals surface area contributed by atoms with Crippen molar-refractivity contribution in [2.24, 2.45) is 0 Å². The molecule has 0 aliphatic carbocycles. The Bertz CT molecular complexity index is 1220. The number of nitrogens with one attached hydrogen (secondary N) is 1. The summed E-state index contributed by atoms with van der Waals surface area (Å²) in [5.41, 5.74) is 3.09. The number of piperidine rings is 1. The van der Waals surface area contributed by atoms with Crippen LogP contribution in [-0.2, 0) is 5.41 Å². The quantitative estimate of drug-likeness (QED) is 0.576. The van der Waals surface area contributed by atoms with Crippen LogP contribution in [0.1, 0.15) is 34.5 Å². The Morgan fingerprint density at radius 2 is 1.77 bits per heavy atom. The summed E-state index contributed by atoms with van der Waals surface area (Å²) >= 11 is 0. The molecule has 4 heterocycles. The third-order valence-corrected chi connectivity index (χ3v) is 6.11. The molecule has 0 unspecified atom stereocenters. The van der Waals surface area contributed by atoms with E-state index in [2.05, 4.69) is 35.4 Å². The SMILES string of the molecule is O=C(c1cc[nH]c(=O)c1)N1CCC(c2ccccc2)(c2cn3ccccc3n2)CC1. The Morgan fingerprint density at radius 3 is 2.50 bits per heavy atom. The zero-order chi connectivity index (χ0) is 20.6. The van der Waals surface area contributed by atoms with Crippen molar-refractivity contribution in [1.29, 1.82) is 0 Å². The van der Waals surface area contributed by atoms with E-state index in [4.69, 9.17) is 4.98 Å². The Kier molecular flexibility index (Phi) is 4.47. The fourth-order valence-electron chi connectivity index (χ4n) is 4.47. The van der Waals surface area contributed by atoms with E-state index in [1.807, 2.05) is 39.8 Å². The number of hydrogen-bond acceptors (Lipinski definition) is 3. The maximum atomic E-state index is 12.9. The molecule has 150 valence electrons. The van der Waals surface area contributed by atoms with Crippen LogP contribution in [0, 0.1) is 0 Å². The average Bonchev–Trinajstić information content (AvgIpc) is 3.24. The van der Waals surface area contributed by atoms with Crippen molar-refractivity contribution in [3.63, 3.8) is 0 Å². The number of H-pyrrole nitrogens is 1. The summed E-state index contributed by atoms with van der Waals surface area (Å²) in [6.07, 6.45) is 7.18. The van der Waals surface area contributed by atoms with Gasteiger partial charge in [-0.15, -0.1) is 0 Å². The standard InChI is InChI=1S/C24H22N4O2/c29-22-16-18(9-12-25-22)23(30)27-14-10-24(11-15-27,19-6-2-1-3-7-19)20-17-28-13-5-4-8-21(28)26-20/h1-9,12-13,16-17H,10-11,14-15H2,(H,25,29). The summed E-state index contributed by atoms with van der Waals surface area (Å²) < 4.78 is 2.05. The third-order valence-electron chi connectivity index (χ3n) is 6.11. The summed E-state index contributed by atoms with van der Waals surface area (Å²) in [5, 5.41) is 0. The van der Waals surface area contributed by atoms with Gasteiger partial charge in [-0.05, 0) is 36.6 Å². The molecule has 4 aromatic rings. The summed E-state index contributed by atoms with van der Waals surface area (Å²) in [4.78, 5) is 33.9. The van der Waals surface area contributed by atoms with Crippen LogP contribution in [0.5, 0.6) is 0 Å². The van der Waals surface area contributed by atoms with Crippen molar-refractivity contribution >= 4 is 11.6 Å². The topological polar surface area (TPSA) is 70.5 Å². The number of carbonyl (C=O) groups is 1. The fourth-order valence-corrected chi connectivity index (χ4v) is 4.47. The van der Waals surface area contributed by atoms with E-state index < -0.39 is 0 Å². The van der Waals surface area contributed by atoms with Gasteiger partial charge in [0.2, 0.25) is 5.56 Å². The Labute approximate surface area is 173 Å². The Hall–Kier alpha value is -3.67. The van der Waals surface area contributed by atoms with Crippen LogP contribution in [0.3, 0.4) is 0 Å². The number of carbonyl (C=O) groups excluding carboxylic acids is 1. The van der Waals surface area contributed by atoms with Gasteiger partial charge in [-0.25, -0.2) is 4.98 Å². The molecule has 1 aromatic carbocycles. The van der Waals surface area contributed by atoms with E-state index in [-0.39, 0.29) is 16.9 Å². The molecule has 0 bridgehead atoms. The van der Waals surface area contributed by atoms with E-state index in [0.29, 0.717) is 18.7 Å². The lowest BCUT2D eigenvalue weighted by molar-refractivity contribution is 0.0684. The van der Waals surface area contributed by atoms with Crippen molar-refractivity contribution in [3.8, 4) is 0 Å². The van der Waals surface area contributed by atoms with E-state index in [0.717, 1.165) is 24.2 Å². The van der Waals surface area contributed by atoms with Crippen LogP contribution in [0.15, 0.2) is 84.0 Å². The minimum atomic E-state index is -0.263. The van der Waals surface area contributed by atoms with Gasteiger partial charge in [0.1, 0.15) is 5.65 Å². The fraction of sp³-hybridized carbons (Fsp3) is 0.208. The van der Waals surface area contributed by atoms with Crippen LogP contribution >= 0.6 is 0 Å². The summed E-state index contributed by atoms with van der Waals surface area (Å²) in [6, 6.07) is 19.5. The normalized spacial score (nSPS) is 15.9. The number of likely N-dealkylation sites (tertiary alicyclic amines) is 1. The number of nitrogens with zero attached hydrogens (tertiary/aromatic N) is 3. The van der Waals surface area contributed by atoms with E-state index >= 15 is 0 Å². The highest BCUT2D eigenvalue weighted by atomic mass is 16.2. The molecular formula is C24H22N4O2. The first kappa shape index (κ1) is 18.4. The molecular weight excluding hydrogens is 376 g/mol. The summed E-state index contributed by atoms with van der Waals surface area (Å²) in [5.74, 6) is -0.0993. The maximum Gasteiger partial charge on any atom is 0.254 e. The third kappa shape index (κ3) is 3.10. The van der Waals surface area contributed by atoms with Crippen molar-refractivity contribution in [3.05, 3.63) is 106 Å². The van der Waals surface area contributed by atoms with E-state index in [1.54, 1.807) is 6.07 Å². The molecule has 1 N–H and O–H groups in total. The number of imidazole rings is 1. The van der Waals surface area contributed by atoms with E-state index in [9.17, 15) is 9.59 Å². The van der Waals surface area contributed by atoms with Crippen molar-refractivity contribution in [2.45, 2.75) is 18.3 Å². The summed E-state index contributed by atoms with van der Waals surface area (Å²) in [6.45, 7) is 1.21. The molecule has 3 aromatic heterocycles. The highest BCUT2D eigenvalue weighted by molar-refractivity contribution is 5.94. The lowest BCUT2D eigenvalue weighted by Crippen LogP contribution is -2.46. The molecule has 0 radical (unpaired) electrons. The van der Waals surface area contributed by atoms with Crippen LogP contribution in [0.25, 0.3) is 5.65 Å². The van der Waals surface area contributed by atoms with Crippen LogP contribution in [-0.4, -0.2) is 38.3 Å². The minimum Gasteiger partial charge on any atom is -0.339 e. The predicted molar refractivity (Wildman–Crippen MR) is 115 cm³/mol.